The van der Waals surface area contributed by atoms with E-state index in [1.54, 1.807) is 6.07 Å². The Morgan fingerprint density at radius 1 is 1.36 bits per heavy atom. The van der Waals surface area contributed by atoms with Crippen LogP contribution in [0.3, 0.4) is 0 Å². The second-order valence-corrected chi connectivity index (χ2v) is 3.85. The number of hydrogen-bond donors (Lipinski definition) is 1. The van der Waals surface area contributed by atoms with Gasteiger partial charge in [0, 0.05) is 6.04 Å². The van der Waals surface area contributed by atoms with Gasteiger partial charge in [-0.2, -0.15) is 0 Å². The minimum Gasteiger partial charge on any atom is -0.324 e. The van der Waals surface area contributed by atoms with E-state index in [9.17, 15) is 4.39 Å². The molecule has 0 aromatic heterocycles. The van der Waals surface area contributed by atoms with Crippen LogP contribution in [-0.4, -0.2) is 0 Å². The average Bonchev–Trinajstić information content (AvgIpc) is 2.08. The lowest BCUT2D eigenvalue weighted by molar-refractivity contribution is 0.510. The second-order valence-electron chi connectivity index (χ2n) is 3.44. The molecule has 0 spiro atoms. The standard InChI is InChI=1S/C10H13ClFN.ClH/c1-6(2)10(13)7-3-4-8(11)9(12)5-7;/h3-6,10H,13H2,1-2H3;1H/t10-;/m0./s1. The number of benzene rings is 1. The molecule has 80 valence electrons. The quantitative estimate of drug-likeness (QED) is 0.837. The van der Waals surface area contributed by atoms with Crippen molar-refractivity contribution >= 4 is 24.0 Å². The van der Waals surface area contributed by atoms with Crippen molar-refractivity contribution in [3.63, 3.8) is 0 Å². The molecule has 0 aliphatic heterocycles. The van der Waals surface area contributed by atoms with E-state index in [-0.39, 0.29) is 23.5 Å². The molecule has 0 saturated carbocycles. The Kier molecular flexibility index (Phi) is 5.42. The first-order valence-corrected chi connectivity index (χ1v) is 4.60. The van der Waals surface area contributed by atoms with Gasteiger partial charge in [0.25, 0.3) is 0 Å². The van der Waals surface area contributed by atoms with E-state index >= 15 is 0 Å². The van der Waals surface area contributed by atoms with Crippen LogP contribution in [0.1, 0.15) is 25.5 Å². The van der Waals surface area contributed by atoms with Crippen LogP contribution in [0.5, 0.6) is 0 Å². The summed E-state index contributed by atoms with van der Waals surface area (Å²) in [7, 11) is 0. The van der Waals surface area contributed by atoms with Gasteiger partial charge in [0.1, 0.15) is 5.82 Å². The minimum absolute atomic E-state index is 0. The van der Waals surface area contributed by atoms with Gasteiger partial charge in [0.15, 0.2) is 0 Å². The molecule has 0 aliphatic rings. The molecule has 1 atom stereocenters. The molecule has 1 nitrogen and oxygen atoms in total. The Morgan fingerprint density at radius 3 is 2.36 bits per heavy atom. The topological polar surface area (TPSA) is 26.0 Å². The summed E-state index contributed by atoms with van der Waals surface area (Å²) in [4.78, 5) is 0. The Bertz CT molecular complexity index is 302. The highest BCUT2D eigenvalue weighted by atomic mass is 35.5. The van der Waals surface area contributed by atoms with E-state index in [0.29, 0.717) is 5.92 Å². The van der Waals surface area contributed by atoms with Gasteiger partial charge >= 0.3 is 0 Å². The van der Waals surface area contributed by atoms with Gasteiger partial charge in [0.2, 0.25) is 0 Å². The Hall–Kier alpha value is -0.310. The second kappa shape index (κ2) is 5.54. The lowest BCUT2D eigenvalue weighted by atomic mass is 9.97. The molecule has 0 radical (unpaired) electrons. The largest absolute Gasteiger partial charge is 0.324 e. The van der Waals surface area contributed by atoms with Crippen LogP contribution in [0.25, 0.3) is 0 Å². The van der Waals surface area contributed by atoms with Gasteiger partial charge in [-0.3, -0.25) is 0 Å². The summed E-state index contributed by atoms with van der Waals surface area (Å²) in [5.74, 6) is -0.115. The summed E-state index contributed by atoms with van der Waals surface area (Å²) >= 11 is 5.55. The molecule has 14 heavy (non-hydrogen) atoms. The summed E-state index contributed by atoms with van der Waals surface area (Å²) in [6.45, 7) is 3.99. The first-order chi connectivity index (χ1) is 6.02. The zero-order valence-electron chi connectivity index (χ0n) is 8.13. The van der Waals surface area contributed by atoms with Crippen molar-refractivity contribution in [2.24, 2.45) is 11.7 Å². The van der Waals surface area contributed by atoms with Crippen LogP contribution < -0.4 is 5.73 Å². The Morgan fingerprint density at radius 2 is 1.93 bits per heavy atom. The Balaban J connectivity index is 0.00000169. The van der Waals surface area contributed by atoms with Crippen molar-refractivity contribution in [1.29, 1.82) is 0 Å². The van der Waals surface area contributed by atoms with Crippen LogP contribution in [0, 0.1) is 11.7 Å². The normalized spacial score (nSPS) is 12.4. The fraction of sp³-hybridized carbons (Fsp3) is 0.400. The van der Waals surface area contributed by atoms with E-state index in [0.717, 1.165) is 5.56 Å². The maximum atomic E-state index is 13.0. The zero-order valence-corrected chi connectivity index (χ0v) is 9.70. The SMILES string of the molecule is CC(C)[C@H](N)c1ccc(Cl)c(F)c1.Cl. The van der Waals surface area contributed by atoms with E-state index in [2.05, 4.69) is 0 Å². The summed E-state index contributed by atoms with van der Waals surface area (Å²) in [5, 5.41) is 0.139. The van der Waals surface area contributed by atoms with Gasteiger partial charge in [-0.1, -0.05) is 31.5 Å². The maximum absolute atomic E-state index is 13.0. The highest BCUT2D eigenvalue weighted by Gasteiger charge is 2.11. The summed E-state index contributed by atoms with van der Waals surface area (Å²) in [6.07, 6.45) is 0. The summed E-state index contributed by atoms with van der Waals surface area (Å²) in [5.41, 5.74) is 6.64. The van der Waals surface area contributed by atoms with Gasteiger partial charge in [0.05, 0.1) is 5.02 Å². The van der Waals surface area contributed by atoms with E-state index in [1.165, 1.54) is 12.1 Å². The first-order valence-electron chi connectivity index (χ1n) is 4.23. The van der Waals surface area contributed by atoms with Crippen molar-refractivity contribution in [2.75, 3.05) is 0 Å². The molecular formula is C10H14Cl2FN. The van der Waals surface area contributed by atoms with E-state index in [4.69, 9.17) is 17.3 Å². The summed E-state index contributed by atoms with van der Waals surface area (Å²) < 4.78 is 13.0. The molecule has 0 heterocycles. The van der Waals surface area contributed by atoms with Gasteiger partial charge in [-0.15, -0.1) is 12.4 Å². The molecule has 1 rings (SSSR count). The van der Waals surface area contributed by atoms with E-state index < -0.39 is 5.82 Å². The molecule has 1 aromatic rings. The predicted octanol–water partition coefficient (Wildman–Crippen LogP) is 3.56. The van der Waals surface area contributed by atoms with Crippen molar-refractivity contribution in [2.45, 2.75) is 19.9 Å². The monoisotopic (exact) mass is 237 g/mol. The van der Waals surface area contributed by atoms with Crippen molar-refractivity contribution in [3.05, 3.63) is 34.6 Å². The fourth-order valence-electron chi connectivity index (χ4n) is 1.10. The van der Waals surface area contributed by atoms with Crippen molar-refractivity contribution < 1.29 is 4.39 Å². The van der Waals surface area contributed by atoms with Gasteiger partial charge < -0.3 is 5.73 Å². The molecule has 0 saturated heterocycles. The zero-order chi connectivity index (χ0) is 10.0. The molecular weight excluding hydrogens is 224 g/mol. The van der Waals surface area contributed by atoms with Gasteiger partial charge in [-0.05, 0) is 23.6 Å². The first kappa shape index (κ1) is 13.7. The van der Waals surface area contributed by atoms with Crippen LogP contribution in [0.15, 0.2) is 18.2 Å². The molecule has 1 aromatic carbocycles. The number of halogens is 3. The van der Waals surface area contributed by atoms with Crippen LogP contribution in [0.2, 0.25) is 5.02 Å². The number of hydrogen-bond acceptors (Lipinski definition) is 1. The molecule has 0 amide bonds. The third-order valence-corrected chi connectivity index (χ3v) is 2.35. The molecule has 0 unspecified atom stereocenters. The predicted molar refractivity (Wildman–Crippen MR) is 60.4 cm³/mol. The lowest BCUT2D eigenvalue weighted by Crippen LogP contribution is -2.16. The molecule has 2 N–H and O–H groups in total. The van der Waals surface area contributed by atoms with Crippen LogP contribution in [-0.2, 0) is 0 Å². The highest BCUT2D eigenvalue weighted by molar-refractivity contribution is 6.30. The fourth-order valence-corrected chi connectivity index (χ4v) is 1.22. The maximum Gasteiger partial charge on any atom is 0.142 e. The van der Waals surface area contributed by atoms with Gasteiger partial charge in [-0.25, -0.2) is 4.39 Å². The molecule has 4 heteroatoms. The van der Waals surface area contributed by atoms with E-state index in [1.807, 2.05) is 13.8 Å². The molecule has 0 aliphatic carbocycles. The smallest absolute Gasteiger partial charge is 0.142 e. The molecule has 0 bridgehead atoms. The van der Waals surface area contributed by atoms with Crippen LogP contribution >= 0.6 is 24.0 Å². The van der Waals surface area contributed by atoms with Crippen molar-refractivity contribution in [3.8, 4) is 0 Å². The highest BCUT2D eigenvalue weighted by Crippen LogP contribution is 2.22. The third-order valence-electron chi connectivity index (χ3n) is 2.05. The Labute approximate surface area is 94.9 Å². The van der Waals surface area contributed by atoms with Crippen LogP contribution in [0.4, 0.5) is 4.39 Å². The minimum atomic E-state index is -0.407. The molecule has 0 fully saturated rings. The average molecular weight is 238 g/mol. The number of nitrogens with two attached hydrogens (primary N) is 1. The number of rotatable bonds is 2. The summed E-state index contributed by atoms with van der Waals surface area (Å²) in [6, 6.07) is 4.56. The third kappa shape index (κ3) is 3.12. The lowest BCUT2D eigenvalue weighted by Gasteiger charge is -2.15. The van der Waals surface area contributed by atoms with Crippen molar-refractivity contribution in [1.82, 2.24) is 0 Å².